The number of amides is 1. The Balaban J connectivity index is 1.98. The van der Waals surface area contributed by atoms with Gasteiger partial charge in [0, 0.05) is 36.7 Å². The average Bonchev–Trinajstić information content (AvgIpc) is 2.56. The molecule has 1 saturated heterocycles. The van der Waals surface area contributed by atoms with Crippen LogP contribution >= 0.6 is 0 Å². The zero-order valence-electron chi connectivity index (χ0n) is 13.8. The molecule has 1 amide bonds. The molecule has 2 N–H and O–H groups in total. The van der Waals surface area contributed by atoms with E-state index >= 15 is 0 Å². The lowest BCUT2D eigenvalue weighted by Crippen LogP contribution is -2.31. The first-order valence-corrected chi connectivity index (χ1v) is 8.13. The summed E-state index contributed by atoms with van der Waals surface area (Å²) in [7, 11) is 0. The molecule has 0 aromatic heterocycles. The van der Waals surface area contributed by atoms with Crippen LogP contribution < -0.4 is 15.5 Å². The smallest absolute Gasteiger partial charge is 0.263 e. The van der Waals surface area contributed by atoms with Crippen molar-refractivity contribution in [2.45, 2.75) is 39.2 Å². The van der Waals surface area contributed by atoms with Crippen molar-refractivity contribution >= 4 is 17.3 Å². The number of carbonyl (C=O) groups is 1. The number of piperidine rings is 1. The van der Waals surface area contributed by atoms with Crippen molar-refractivity contribution in [3.05, 3.63) is 36.0 Å². The van der Waals surface area contributed by atoms with Gasteiger partial charge in [-0.2, -0.15) is 5.26 Å². The van der Waals surface area contributed by atoms with E-state index in [0.29, 0.717) is 0 Å². The molecule has 0 saturated carbocycles. The van der Waals surface area contributed by atoms with Crippen LogP contribution in [0.5, 0.6) is 0 Å². The first kappa shape index (κ1) is 16.9. The number of nitriles is 1. The molecule has 0 spiro atoms. The molecule has 5 heteroatoms. The Labute approximate surface area is 138 Å². The van der Waals surface area contributed by atoms with Gasteiger partial charge in [0.05, 0.1) is 0 Å². The van der Waals surface area contributed by atoms with E-state index in [9.17, 15) is 4.79 Å². The topological polar surface area (TPSA) is 68.2 Å². The second-order valence-corrected chi connectivity index (χ2v) is 6.04. The van der Waals surface area contributed by atoms with Crippen LogP contribution in [0, 0.1) is 11.3 Å². The second-order valence-electron chi connectivity index (χ2n) is 6.04. The number of benzene rings is 1. The van der Waals surface area contributed by atoms with E-state index < -0.39 is 0 Å². The van der Waals surface area contributed by atoms with Crippen LogP contribution in [0.25, 0.3) is 0 Å². The maximum Gasteiger partial charge on any atom is 0.263 e. The molecule has 1 aliphatic heterocycles. The molecule has 0 bridgehead atoms. The molecule has 1 aliphatic rings. The normalized spacial score (nSPS) is 15.2. The fourth-order valence-corrected chi connectivity index (χ4v) is 2.56. The first-order valence-electron chi connectivity index (χ1n) is 8.13. The standard InChI is InChI=1S/C18H24N4O/c1-14(2)21-18(23)15(12-19)13-20-16-6-8-17(9-7-16)22-10-4-3-5-11-22/h6-9,13-14,20H,3-5,10-11H2,1-2H3,(H,21,23)/b15-13-. The Morgan fingerprint density at radius 3 is 2.43 bits per heavy atom. The SMILES string of the molecule is CC(C)NC(=O)/C(C#N)=C\Nc1ccc(N2CCCCC2)cc1. The summed E-state index contributed by atoms with van der Waals surface area (Å²) in [5.74, 6) is -0.361. The van der Waals surface area contributed by atoms with Crippen LogP contribution in [0.4, 0.5) is 11.4 Å². The van der Waals surface area contributed by atoms with Crippen LogP contribution in [0.1, 0.15) is 33.1 Å². The Hall–Kier alpha value is -2.48. The Morgan fingerprint density at radius 2 is 1.87 bits per heavy atom. The quantitative estimate of drug-likeness (QED) is 0.648. The molecule has 1 aromatic carbocycles. The van der Waals surface area contributed by atoms with Crippen molar-refractivity contribution in [3.63, 3.8) is 0 Å². The summed E-state index contributed by atoms with van der Waals surface area (Å²) in [6, 6.07) is 10.0. The molecule has 0 atom stereocenters. The van der Waals surface area contributed by atoms with E-state index in [2.05, 4.69) is 27.7 Å². The van der Waals surface area contributed by atoms with Crippen LogP contribution in [0.2, 0.25) is 0 Å². The maximum atomic E-state index is 11.8. The molecule has 1 heterocycles. The van der Waals surface area contributed by atoms with Gasteiger partial charge in [-0.1, -0.05) is 0 Å². The predicted molar refractivity (Wildman–Crippen MR) is 93.1 cm³/mol. The summed E-state index contributed by atoms with van der Waals surface area (Å²) in [5.41, 5.74) is 2.15. The summed E-state index contributed by atoms with van der Waals surface area (Å²) >= 11 is 0. The van der Waals surface area contributed by atoms with E-state index in [0.717, 1.165) is 18.8 Å². The minimum Gasteiger partial charge on any atom is -0.372 e. The fourth-order valence-electron chi connectivity index (χ4n) is 2.56. The summed E-state index contributed by atoms with van der Waals surface area (Å²) in [5, 5.41) is 14.8. The minimum atomic E-state index is -0.361. The minimum absolute atomic E-state index is 0.00285. The number of carbonyl (C=O) groups excluding carboxylic acids is 1. The highest BCUT2D eigenvalue weighted by molar-refractivity contribution is 5.97. The predicted octanol–water partition coefficient (Wildman–Crippen LogP) is 3.02. The highest BCUT2D eigenvalue weighted by Crippen LogP contribution is 2.21. The van der Waals surface area contributed by atoms with Gasteiger partial charge in [0.15, 0.2) is 0 Å². The Bertz CT molecular complexity index is 592. The lowest BCUT2D eigenvalue weighted by Gasteiger charge is -2.28. The molecule has 122 valence electrons. The number of hydrogen-bond acceptors (Lipinski definition) is 4. The molecule has 0 aliphatic carbocycles. The van der Waals surface area contributed by atoms with Gasteiger partial charge in [0.1, 0.15) is 11.6 Å². The van der Waals surface area contributed by atoms with Crippen LogP contribution in [0.15, 0.2) is 36.0 Å². The van der Waals surface area contributed by atoms with E-state index in [1.54, 1.807) is 0 Å². The van der Waals surface area contributed by atoms with Gasteiger partial charge in [-0.15, -0.1) is 0 Å². The van der Waals surface area contributed by atoms with E-state index in [1.165, 1.54) is 31.1 Å². The third-order valence-corrected chi connectivity index (χ3v) is 3.76. The van der Waals surface area contributed by atoms with Crippen molar-refractivity contribution in [1.82, 2.24) is 5.32 Å². The van der Waals surface area contributed by atoms with Crippen LogP contribution in [0.3, 0.4) is 0 Å². The molecule has 0 radical (unpaired) electrons. The van der Waals surface area contributed by atoms with Crippen LogP contribution in [-0.4, -0.2) is 25.0 Å². The Kier molecular flexibility index (Phi) is 6.04. The van der Waals surface area contributed by atoms with Crippen molar-refractivity contribution < 1.29 is 4.79 Å². The van der Waals surface area contributed by atoms with Crippen molar-refractivity contribution in [2.75, 3.05) is 23.3 Å². The lowest BCUT2D eigenvalue weighted by atomic mass is 10.1. The van der Waals surface area contributed by atoms with E-state index in [4.69, 9.17) is 5.26 Å². The van der Waals surface area contributed by atoms with Gasteiger partial charge < -0.3 is 15.5 Å². The molecule has 2 rings (SSSR count). The van der Waals surface area contributed by atoms with Gasteiger partial charge in [0.2, 0.25) is 0 Å². The van der Waals surface area contributed by atoms with Crippen LogP contribution in [-0.2, 0) is 4.79 Å². The second kappa shape index (κ2) is 8.23. The lowest BCUT2D eigenvalue weighted by molar-refractivity contribution is -0.117. The van der Waals surface area contributed by atoms with Gasteiger partial charge in [-0.3, -0.25) is 4.79 Å². The number of nitrogens with zero attached hydrogens (tertiary/aromatic N) is 2. The number of hydrogen-bond donors (Lipinski definition) is 2. The summed E-state index contributed by atoms with van der Waals surface area (Å²) in [6.07, 6.45) is 5.27. The van der Waals surface area contributed by atoms with Gasteiger partial charge in [-0.25, -0.2) is 0 Å². The van der Waals surface area contributed by atoms with Gasteiger partial charge in [0.25, 0.3) is 5.91 Å². The fraction of sp³-hybridized carbons (Fsp3) is 0.444. The first-order chi connectivity index (χ1) is 11.1. The zero-order chi connectivity index (χ0) is 16.7. The summed E-state index contributed by atoms with van der Waals surface area (Å²) in [4.78, 5) is 14.2. The van der Waals surface area contributed by atoms with Crippen molar-refractivity contribution in [1.29, 1.82) is 5.26 Å². The third-order valence-electron chi connectivity index (χ3n) is 3.76. The average molecular weight is 312 g/mol. The molecule has 5 nitrogen and oxygen atoms in total. The Morgan fingerprint density at radius 1 is 1.22 bits per heavy atom. The van der Waals surface area contributed by atoms with E-state index in [-0.39, 0.29) is 17.5 Å². The highest BCUT2D eigenvalue weighted by Gasteiger charge is 2.11. The maximum absolute atomic E-state index is 11.8. The zero-order valence-corrected chi connectivity index (χ0v) is 13.8. The molecule has 1 fully saturated rings. The number of rotatable bonds is 5. The van der Waals surface area contributed by atoms with Crippen molar-refractivity contribution in [3.8, 4) is 6.07 Å². The molecular formula is C18H24N4O. The molecule has 1 aromatic rings. The van der Waals surface area contributed by atoms with E-state index in [1.807, 2.05) is 32.0 Å². The number of anilines is 2. The number of nitrogens with one attached hydrogen (secondary N) is 2. The molecular weight excluding hydrogens is 288 g/mol. The third kappa shape index (κ3) is 5.03. The monoisotopic (exact) mass is 312 g/mol. The van der Waals surface area contributed by atoms with Gasteiger partial charge in [-0.05, 0) is 57.4 Å². The summed E-state index contributed by atoms with van der Waals surface area (Å²) < 4.78 is 0. The van der Waals surface area contributed by atoms with Crippen molar-refractivity contribution in [2.24, 2.45) is 0 Å². The molecule has 0 unspecified atom stereocenters. The summed E-state index contributed by atoms with van der Waals surface area (Å²) in [6.45, 7) is 5.94. The highest BCUT2D eigenvalue weighted by atomic mass is 16.1. The van der Waals surface area contributed by atoms with Gasteiger partial charge >= 0.3 is 0 Å². The molecule has 23 heavy (non-hydrogen) atoms. The largest absolute Gasteiger partial charge is 0.372 e.